The van der Waals surface area contributed by atoms with Gasteiger partial charge in [0.1, 0.15) is 0 Å². The number of aliphatic imine (C=N–C) groups is 1. The zero-order chi connectivity index (χ0) is 18.7. The largest absolute Gasteiger partial charge is 0.493 e. The molecule has 1 amide bonds. The van der Waals surface area contributed by atoms with Crippen molar-refractivity contribution in [3.8, 4) is 11.5 Å². The molecule has 2 aromatic carbocycles. The predicted octanol–water partition coefficient (Wildman–Crippen LogP) is 4.90. The molecule has 1 saturated heterocycles. The fraction of sp³-hybridized carbons (Fsp3) is 0.111. The molecule has 0 aliphatic carbocycles. The van der Waals surface area contributed by atoms with Gasteiger partial charge in [0.2, 0.25) is 0 Å². The molecule has 0 bridgehead atoms. The molecule has 0 radical (unpaired) electrons. The van der Waals surface area contributed by atoms with E-state index in [4.69, 9.17) is 32.7 Å². The number of ether oxygens (including phenoxy) is 2. The van der Waals surface area contributed by atoms with Crippen LogP contribution >= 0.6 is 35.0 Å². The van der Waals surface area contributed by atoms with Crippen molar-refractivity contribution in [3.05, 3.63) is 56.9 Å². The topological polar surface area (TPSA) is 59.9 Å². The van der Waals surface area contributed by atoms with Gasteiger partial charge < -0.3 is 14.8 Å². The summed E-state index contributed by atoms with van der Waals surface area (Å²) < 4.78 is 10.5. The number of hydrogen-bond donors (Lipinski definition) is 1. The summed E-state index contributed by atoms with van der Waals surface area (Å²) in [6.07, 6.45) is 1.76. The molecule has 8 heteroatoms. The summed E-state index contributed by atoms with van der Waals surface area (Å²) in [5.74, 6) is 0.999. The van der Waals surface area contributed by atoms with Gasteiger partial charge in [-0.2, -0.15) is 0 Å². The Labute approximate surface area is 165 Å². The van der Waals surface area contributed by atoms with Gasteiger partial charge in [-0.1, -0.05) is 29.3 Å². The van der Waals surface area contributed by atoms with E-state index < -0.39 is 0 Å². The first-order chi connectivity index (χ1) is 12.5. The van der Waals surface area contributed by atoms with Gasteiger partial charge in [0.15, 0.2) is 16.7 Å². The van der Waals surface area contributed by atoms with Crippen molar-refractivity contribution in [2.24, 2.45) is 4.99 Å². The molecule has 1 heterocycles. The SMILES string of the molecule is COc1ccc(/C=C2\SC(=Nc3ccc(Cl)c(Cl)c3)NC2=O)cc1OC. The summed E-state index contributed by atoms with van der Waals surface area (Å²) in [5, 5.41) is 4.06. The van der Waals surface area contributed by atoms with E-state index in [2.05, 4.69) is 10.3 Å². The summed E-state index contributed by atoms with van der Waals surface area (Å²) in [6.45, 7) is 0. The van der Waals surface area contributed by atoms with E-state index in [1.807, 2.05) is 6.07 Å². The zero-order valence-corrected chi connectivity index (χ0v) is 16.2. The minimum atomic E-state index is -0.219. The molecular weight excluding hydrogens is 395 g/mol. The van der Waals surface area contributed by atoms with Crippen LogP contribution < -0.4 is 14.8 Å². The third kappa shape index (κ3) is 4.15. The van der Waals surface area contributed by atoms with Crippen molar-refractivity contribution in [3.63, 3.8) is 0 Å². The highest BCUT2D eigenvalue weighted by atomic mass is 35.5. The van der Waals surface area contributed by atoms with Crippen molar-refractivity contribution >= 4 is 57.8 Å². The van der Waals surface area contributed by atoms with Crippen LogP contribution in [0.4, 0.5) is 5.69 Å². The van der Waals surface area contributed by atoms with Gasteiger partial charge in [-0.05, 0) is 53.7 Å². The van der Waals surface area contributed by atoms with E-state index in [0.717, 1.165) is 5.56 Å². The quantitative estimate of drug-likeness (QED) is 0.730. The molecule has 134 valence electrons. The van der Waals surface area contributed by atoms with Crippen LogP contribution in [0.1, 0.15) is 5.56 Å². The van der Waals surface area contributed by atoms with Crippen LogP contribution in [-0.2, 0) is 4.79 Å². The van der Waals surface area contributed by atoms with E-state index in [1.54, 1.807) is 50.6 Å². The zero-order valence-electron chi connectivity index (χ0n) is 13.9. The normalized spacial score (nSPS) is 16.8. The maximum Gasteiger partial charge on any atom is 0.264 e. The lowest BCUT2D eigenvalue weighted by molar-refractivity contribution is -0.115. The number of thioether (sulfide) groups is 1. The second-order valence-corrected chi connectivity index (χ2v) is 7.04. The van der Waals surface area contributed by atoms with E-state index in [1.165, 1.54) is 11.8 Å². The number of hydrogen-bond acceptors (Lipinski definition) is 5. The number of nitrogens with one attached hydrogen (secondary N) is 1. The second-order valence-electron chi connectivity index (χ2n) is 5.19. The average Bonchev–Trinajstić information content (AvgIpc) is 2.97. The van der Waals surface area contributed by atoms with Gasteiger partial charge in [-0.15, -0.1) is 0 Å². The van der Waals surface area contributed by atoms with Gasteiger partial charge in [0, 0.05) is 0 Å². The highest BCUT2D eigenvalue weighted by Crippen LogP contribution is 2.33. The van der Waals surface area contributed by atoms with Crippen LogP contribution in [0.2, 0.25) is 10.0 Å². The van der Waals surface area contributed by atoms with Crippen molar-refractivity contribution in [2.75, 3.05) is 14.2 Å². The van der Waals surface area contributed by atoms with Crippen LogP contribution in [0.25, 0.3) is 6.08 Å². The number of amidine groups is 1. The molecular formula is C18H14Cl2N2O3S. The molecule has 0 spiro atoms. The van der Waals surface area contributed by atoms with Crippen molar-refractivity contribution in [1.82, 2.24) is 5.32 Å². The van der Waals surface area contributed by atoms with Crippen molar-refractivity contribution in [2.45, 2.75) is 0 Å². The molecule has 3 rings (SSSR count). The molecule has 0 aromatic heterocycles. The Hall–Kier alpha value is -2.15. The van der Waals surface area contributed by atoms with Crippen LogP contribution in [0.3, 0.4) is 0 Å². The van der Waals surface area contributed by atoms with Crippen LogP contribution in [0, 0.1) is 0 Å². The Balaban J connectivity index is 1.84. The fourth-order valence-electron chi connectivity index (χ4n) is 2.25. The van der Waals surface area contributed by atoms with Gasteiger partial charge >= 0.3 is 0 Å². The first kappa shape index (κ1) is 18.6. The van der Waals surface area contributed by atoms with Crippen LogP contribution in [0.5, 0.6) is 11.5 Å². The van der Waals surface area contributed by atoms with E-state index >= 15 is 0 Å². The maximum atomic E-state index is 12.2. The monoisotopic (exact) mass is 408 g/mol. The van der Waals surface area contributed by atoms with E-state index in [0.29, 0.717) is 37.3 Å². The van der Waals surface area contributed by atoms with E-state index in [-0.39, 0.29) is 5.91 Å². The van der Waals surface area contributed by atoms with Crippen LogP contribution in [-0.4, -0.2) is 25.3 Å². The second kappa shape index (κ2) is 8.03. The minimum absolute atomic E-state index is 0.219. The first-order valence-electron chi connectivity index (χ1n) is 7.47. The van der Waals surface area contributed by atoms with Crippen molar-refractivity contribution in [1.29, 1.82) is 0 Å². The van der Waals surface area contributed by atoms with Crippen molar-refractivity contribution < 1.29 is 14.3 Å². The molecule has 1 aliphatic rings. The summed E-state index contributed by atoms with van der Waals surface area (Å²) >= 11 is 13.1. The minimum Gasteiger partial charge on any atom is -0.493 e. The number of carbonyl (C=O) groups excluding carboxylic acids is 1. The number of methoxy groups -OCH3 is 2. The lowest BCUT2D eigenvalue weighted by Crippen LogP contribution is -2.19. The molecule has 0 saturated carbocycles. The van der Waals surface area contributed by atoms with Gasteiger partial charge in [0.05, 0.1) is 34.9 Å². The summed E-state index contributed by atoms with van der Waals surface area (Å²) in [6, 6.07) is 10.5. The number of benzene rings is 2. The molecule has 26 heavy (non-hydrogen) atoms. The molecule has 0 atom stereocenters. The lowest BCUT2D eigenvalue weighted by atomic mass is 10.2. The fourth-order valence-corrected chi connectivity index (χ4v) is 3.38. The Morgan fingerprint density at radius 1 is 1.04 bits per heavy atom. The molecule has 1 aliphatic heterocycles. The smallest absolute Gasteiger partial charge is 0.264 e. The lowest BCUT2D eigenvalue weighted by Gasteiger charge is -2.07. The molecule has 1 N–H and O–H groups in total. The third-order valence-electron chi connectivity index (χ3n) is 3.49. The van der Waals surface area contributed by atoms with Gasteiger partial charge in [-0.25, -0.2) is 4.99 Å². The summed E-state index contributed by atoms with van der Waals surface area (Å²) in [7, 11) is 3.13. The maximum absolute atomic E-state index is 12.2. The number of halogens is 2. The Bertz CT molecular complexity index is 929. The number of nitrogens with zero attached hydrogens (tertiary/aromatic N) is 1. The van der Waals surface area contributed by atoms with Crippen LogP contribution in [0.15, 0.2) is 46.3 Å². The number of rotatable bonds is 4. The Kier molecular flexibility index (Phi) is 5.76. The first-order valence-corrected chi connectivity index (χ1v) is 9.04. The highest BCUT2D eigenvalue weighted by Gasteiger charge is 2.24. The predicted molar refractivity (Wildman–Crippen MR) is 107 cm³/mol. The Morgan fingerprint density at radius 2 is 1.81 bits per heavy atom. The summed E-state index contributed by atoms with van der Waals surface area (Å²) in [5.41, 5.74) is 1.42. The summed E-state index contributed by atoms with van der Waals surface area (Å²) in [4.78, 5) is 17.1. The number of carbonyl (C=O) groups is 1. The molecule has 2 aromatic rings. The van der Waals surface area contributed by atoms with Gasteiger partial charge in [0.25, 0.3) is 5.91 Å². The molecule has 5 nitrogen and oxygen atoms in total. The van der Waals surface area contributed by atoms with E-state index in [9.17, 15) is 4.79 Å². The molecule has 1 fully saturated rings. The highest BCUT2D eigenvalue weighted by molar-refractivity contribution is 8.18. The number of amides is 1. The molecule has 0 unspecified atom stereocenters. The van der Waals surface area contributed by atoms with Gasteiger partial charge in [-0.3, -0.25) is 4.79 Å². The Morgan fingerprint density at radius 3 is 2.50 bits per heavy atom. The third-order valence-corrected chi connectivity index (χ3v) is 5.14. The average molecular weight is 409 g/mol. The standard InChI is InChI=1S/C18H14Cl2N2O3S/c1-24-14-6-3-10(7-15(14)25-2)8-16-17(23)22-18(26-16)21-11-4-5-12(19)13(20)9-11/h3-9H,1-2H3,(H,21,22,23)/b16-8-.